The lowest BCUT2D eigenvalue weighted by Crippen LogP contribution is -2.38. The highest BCUT2D eigenvalue weighted by Crippen LogP contribution is 2.21. The molecule has 3 rings (SSSR count). The van der Waals surface area contributed by atoms with E-state index in [2.05, 4.69) is 26.4 Å². The molecule has 0 unspecified atom stereocenters. The summed E-state index contributed by atoms with van der Waals surface area (Å²) in [6, 6.07) is 8.82. The van der Waals surface area contributed by atoms with Crippen LogP contribution in [0.2, 0.25) is 0 Å². The van der Waals surface area contributed by atoms with Gasteiger partial charge in [-0.1, -0.05) is 6.92 Å². The number of nitrogens with one attached hydrogen (secondary N) is 1. The van der Waals surface area contributed by atoms with Crippen molar-refractivity contribution in [3.63, 3.8) is 0 Å². The van der Waals surface area contributed by atoms with E-state index in [1.807, 2.05) is 6.92 Å². The molecule has 0 bridgehead atoms. The predicted molar refractivity (Wildman–Crippen MR) is 110 cm³/mol. The summed E-state index contributed by atoms with van der Waals surface area (Å²) in [4.78, 5) is 2.74. The van der Waals surface area contributed by atoms with Crippen molar-refractivity contribution in [1.29, 1.82) is 0 Å². The summed E-state index contributed by atoms with van der Waals surface area (Å²) in [6.07, 6.45) is 2.97. The zero-order chi connectivity index (χ0) is 19.1. The Labute approximate surface area is 166 Å². The van der Waals surface area contributed by atoms with Crippen molar-refractivity contribution >= 4 is 21.4 Å². The molecule has 0 atom stereocenters. The number of hydrogen-bond acceptors (Lipinski definition) is 5. The van der Waals surface area contributed by atoms with Crippen LogP contribution in [0.15, 0.2) is 46.0 Å². The minimum absolute atomic E-state index is 0.293. The van der Waals surface area contributed by atoms with Gasteiger partial charge in [0.05, 0.1) is 11.5 Å². The largest absolute Gasteiger partial charge is 0.494 e. The molecule has 0 amide bonds. The first-order valence-electron chi connectivity index (χ1n) is 9.53. The molecule has 0 radical (unpaired) electrons. The number of rotatable bonds is 9. The van der Waals surface area contributed by atoms with E-state index in [0.717, 1.165) is 38.9 Å². The van der Waals surface area contributed by atoms with Gasteiger partial charge in [0.2, 0.25) is 10.0 Å². The molecule has 1 saturated heterocycles. The van der Waals surface area contributed by atoms with E-state index in [0.29, 0.717) is 29.7 Å². The highest BCUT2D eigenvalue weighted by molar-refractivity contribution is 7.89. The maximum Gasteiger partial charge on any atom is 0.240 e. The van der Waals surface area contributed by atoms with E-state index in [9.17, 15) is 8.42 Å². The van der Waals surface area contributed by atoms with E-state index < -0.39 is 10.0 Å². The van der Waals surface area contributed by atoms with Crippen LogP contribution >= 0.6 is 11.3 Å². The fourth-order valence-corrected chi connectivity index (χ4v) is 5.01. The molecule has 27 heavy (non-hydrogen) atoms. The summed E-state index contributed by atoms with van der Waals surface area (Å²) >= 11 is 1.73. The third-order valence-corrected chi connectivity index (χ3v) is 7.03. The number of nitrogens with zero attached hydrogens (tertiary/aromatic N) is 1. The molecule has 1 aromatic carbocycles. The molecule has 7 heteroatoms. The van der Waals surface area contributed by atoms with Gasteiger partial charge in [0.15, 0.2) is 0 Å². The van der Waals surface area contributed by atoms with Gasteiger partial charge < -0.3 is 4.74 Å². The van der Waals surface area contributed by atoms with Crippen LogP contribution in [-0.2, 0) is 16.6 Å². The lowest BCUT2D eigenvalue weighted by molar-refractivity contribution is 0.179. The average molecular weight is 409 g/mol. The van der Waals surface area contributed by atoms with Gasteiger partial charge in [0.25, 0.3) is 0 Å². The standard InChI is InChI=1S/C20H28N2O3S2/c1-2-12-25-19-3-5-20(6-4-19)27(23,24)21-14-17-7-10-22(11-8-17)15-18-9-13-26-16-18/h3-6,9,13,16-17,21H,2,7-8,10-12,14-15H2,1H3. The van der Waals surface area contributed by atoms with Gasteiger partial charge in [-0.3, -0.25) is 4.90 Å². The van der Waals surface area contributed by atoms with Gasteiger partial charge in [-0.05, 0) is 84.9 Å². The molecule has 2 heterocycles. The summed E-state index contributed by atoms with van der Waals surface area (Å²) in [5.74, 6) is 1.10. The molecule has 1 N–H and O–H groups in total. The Morgan fingerprint density at radius 2 is 1.93 bits per heavy atom. The van der Waals surface area contributed by atoms with Crippen molar-refractivity contribution < 1.29 is 13.2 Å². The first-order valence-corrected chi connectivity index (χ1v) is 12.0. The van der Waals surface area contributed by atoms with Crippen LogP contribution in [-0.4, -0.2) is 39.6 Å². The van der Waals surface area contributed by atoms with Gasteiger partial charge in [-0.2, -0.15) is 11.3 Å². The number of benzene rings is 1. The van der Waals surface area contributed by atoms with Crippen LogP contribution in [0.1, 0.15) is 31.7 Å². The summed E-state index contributed by atoms with van der Waals surface area (Å²) in [6.45, 7) is 6.21. The van der Waals surface area contributed by atoms with Gasteiger partial charge in [0.1, 0.15) is 5.75 Å². The Morgan fingerprint density at radius 1 is 1.19 bits per heavy atom. The SMILES string of the molecule is CCCOc1ccc(S(=O)(=O)NCC2CCN(Cc3ccsc3)CC2)cc1. The van der Waals surface area contributed by atoms with Gasteiger partial charge in [-0.25, -0.2) is 13.1 Å². The third kappa shape index (κ3) is 6.04. The van der Waals surface area contributed by atoms with E-state index in [1.54, 1.807) is 35.6 Å². The summed E-state index contributed by atoms with van der Waals surface area (Å²) in [5.41, 5.74) is 1.37. The molecule has 5 nitrogen and oxygen atoms in total. The van der Waals surface area contributed by atoms with Crippen molar-refractivity contribution in [2.75, 3.05) is 26.2 Å². The zero-order valence-corrected chi connectivity index (χ0v) is 17.4. The number of piperidine rings is 1. The van der Waals surface area contributed by atoms with Crippen LogP contribution in [0.4, 0.5) is 0 Å². The molecular weight excluding hydrogens is 380 g/mol. The van der Waals surface area contributed by atoms with Gasteiger partial charge in [-0.15, -0.1) is 0 Å². The van der Waals surface area contributed by atoms with E-state index >= 15 is 0 Å². The fourth-order valence-electron chi connectivity index (χ4n) is 3.24. The highest BCUT2D eigenvalue weighted by Gasteiger charge is 2.22. The smallest absolute Gasteiger partial charge is 0.240 e. The topological polar surface area (TPSA) is 58.6 Å². The Balaban J connectivity index is 1.45. The maximum atomic E-state index is 12.5. The van der Waals surface area contributed by atoms with Crippen molar-refractivity contribution in [3.8, 4) is 5.75 Å². The second kappa shape index (κ2) is 9.68. The monoisotopic (exact) mass is 408 g/mol. The molecule has 1 aromatic heterocycles. The molecule has 1 aliphatic heterocycles. The lowest BCUT2D eigenvalue weighted by Gasteiger charge is -2.31. The zero-order valence-electron chi connectivity index (χ0n) is 15.8. The molecule has 0 saturated carbocycles. The maximum absolute atomic E-state index is 12.5. The molecule has 0 spiro atoms. The molecule has 148 valence electrons. The Bertz CT molecular complexity index is 781. The predicted octanol–water partition coefficient (Wildman–Crippen LogP) is 3.73. The fraction of sp³-hybridized carbons (Fsp3) is 0.500. The van der Waals surface area contributed by atoms with Crippen molar-refractivity contribution in [1.82, 2.24) is 9.62 Å². The van der Waals surface area contributed by atoms with Crippen LogP contribution in [0.5, 0.6) is 5.75 Å². The number of likely N-dealkylation sites (tertiary alicyclic amines) is 1. The molecule has 1 fully saturated rings. The highest BCUT2D eigenvalue weighted by atomic mass is 32.2. The average Bonchev–Trinajstić information content (AvgIpc) is 3.19. The number of sulfonamides is 1. The van der Waals surface area contributed by atoms with Crippen LogP contribution in [0.3, 0.4) is 0 Å². The van der Waals surface area contributed by atoms with Crippen molar-refractivity contribution in [2.45, 2.75) is 37.6 Å². The third-order valence-electron chi connectivity index (χ3n) is 4.86. The van der Waals surface area contributed by atoms with Crippen LogP contribution in [0, 0.1) is 5.92 Å². The quantitative estimate of drug-likeness (QED) is 0.687. The van der Waals surface area contributed by atoms with E-state index in [-0.39, 0.29) is 0 Å². The Hall–Kier alpha value is -1.41. The Morgan fingerprint density at radius 3 is 2.56 bits per heavy atom. The second-order valence-electron chi connectivity index (χ2n) is 7.02. The minimum Gasteiger partial charge on any atom is -0.494 e. The number of hydrogen-bond donors (Lipinski definition) is 1. The second-order valence-corrected chi connectivity index (χ2v) is 9.57. The number of thiophene rings is 1. The molecule has 2 aromatic rings. The first kappa shape index (κ1) is 20.3. The molecule has 1 aliphatic rings. The van der Waals surface area contributed by atoms with E-state index in [1.165, 1.54) is 5.56 Å². The summed E-state index contributed by atoms with van der Waals surface area (Å²) < 4.78 is 33.3. The van der Waals surface area contributed by atoms with Crippen molar-refractivity contribution in [3.05, 3.63) is 46.7 Å². The van der Waals surface area contributed by atoms with E-state index in [4.69, 9.17) is 4.74 Å². The van der Waals surface area contributed by atoms with Gasteiger partial charge in [0, 0.05) is 13.1 Å². The van der Waals surface area contributed by atoms with Crippen LogP contribution < -0.4 is 9.46 Å². The first-order chi connectivity index (χ1) is 13.1. The number of ether oxygens (including phenoxy) is 1. The minimum atomic E-state index is -3.47. The van der Waals surface area contributed by atoms with Crippen LogP contribution in [0.25, 0.3) is 0 Å². The van der Waals surface area contributed by atoms with Crippen molar-refractivity contribution in [2.24, 2.45) is 5.92 Å². The normalized spacial score (nSPS) is 16.5. The molecular formula is C20H28N2O3S2. The lowest BCUT2D eigenvalue weighted by atomic mass is 9.97. The summed E-state index contributed by atoms with van der Waals surface area (Å²) in [5, 5.41) is 4.30. The Kier molecular flexibility index (Phi) is 7.29. The molecule has 0 aliphatic carbocycles. The summed E-state index contributed by atoms with van der Waals surface area (Å²) in [7, 11) is -3.47. The van der Waals surface area contributed by atoms with Gasteiger partial charge >= 0.3 is 0 Å².